The summed E-state index contributed by atoms with van der Waals surface area (Å²) in [5.41, 5.74) is 5.55. The van der Waals surface area contributed by atoms with E-state index in [4.69, 9.17) is 16.3 Å². The Morgan fingerprint density at radius 3 is 2.57 bits per heavy atom. The van der Waals surface area contributed by atoms with Gasteiger partial charge in [0.25, 0.3) is 5.56 Å². The first-order valence-corrected chi connectivity index (χ1v) is 9.75. The summed E-state index contributed by atoms with van der Waals surface area (Å²) < 4.78 is 22.9. The van der Waals surface area contributed by atoms with Gasteiger partial charge in [0.1, 0.15) is 11.2 Å². The van der Waals surface area contributed by atoms with Gasteiger partial charge in [-0.05, 0) is 43.6 Å². The molecule has 28 heavy (non-hydrogen) atoms. The molecule has 150 valence electrons. The van der Waals surface area contributed by atoms with Gasteiger partial charge in [-0.3, -0.25) is 9.36 Å². The zero-order valence-electron chi connectivity index (χ0n) is 15.7. The lowest BCUT2D eigenvalue weighted by molar-refractivity contribution is 0.412. The number of fused-ring (bicyclic) bond motifs is 2. The Balaban J connectivity index is 1.76. The average molecular weight is 389 g/mol. The predicted molar refractivity (Wildman–Crippen MR) is 104 cm³/mol. The van der Waals surface area contributed by atoms with Crippen LogP contribution in [0.5, 0.6) is 5.75 Å². The first kappa shape index (κ1) is 17.5. The Labute approximate surface area is 160 Å². The van der Waals surface area contributed by atoms with Crippen LogP contribution in [0.15, 0.2) is 15.7 Å². The smallest absolute Gasteiger partial charge is 0.350 e. The first-order chi connectivity index (χ1) is 13.4. The van der Waals surface area contributed by atoms with E-state index in [1.807, 2.05) is 4.90 Å². The van der Waals surface area contributed by atoms with Crippen molar-refractivity contribution in [3.63, 3.8) is 0 Å². The molecule has 0 bridgehead atoms. The monoisotopic (exact) mass is 389 g/mol. The standard InChI is InChI=1S/C19H24FN5O3/c1-28-17-15-11(18(26)25(22)19(27)24(15)10-3-4-10)6-13(20)16(17)23-7-9-2-5-14(21)12(9)8-23/h6,9-10,12,14H,2-5,7-8,21-22H2,1H3. The minimum atomic E-state index is -0.721. The third-order valence-electron chi connectivity index (χ3n) is 6.63. The van der Waals surface area contributed by atoms with Gasteiger partial charge < -0.3 is 21.2 Å². The van der Waals surface area contributed by atoms with E-state index in [0.717, 1.165) is 25.7 Å². The van der Waals surface area contributed by atoms with Gasteiger partial charge in [0, 0.05) is 25.2 Å². The van der Waals surface area contributed by atoms with Crippen molar-refractivity contribution in [1.82, 2.24) is 9.24 Å². The average Bonchev–Trinajstić information content (AvgIpc) is 3.33. The van der Waals surface area contributed by atoms with Gasteiger partial charge in [-0.1, -0.05) is 0 Å². The van der Waals surface area contributed by atoms with E-state index in [1.54, 1.807) is 0 Å². The molecule has 0 radical (unpaired) electrons. The molecule has 0 amide bonds. The molecule has 8 nitrogen and oxygen atoms in total. The maximum Gasteiger partial charge on any atom is 0.350 e. The number of anilines is 1. The molecule has 5 rings (SSSR count). The number of methoxy groups -OCH3 is 1. The fourth-order valence-corrected chi connectivity index (χ4v) is 5.09. The molecule has 3 unspecified atom stereocenters. The Morgan fingerprint density at radius 2 is 1.93 bits per heavy atom. The molecule has 2 aromatic rings. The summed E-state index contributed by atoms with van der Waals surface area (Å²) in [5, 5.41) is 0.0585. The number of aromatic nitrogens is 2. The molecule has 3 aliphatic rings. The van der Waals surface area contributed by atoms with Crippen LogP contribution in [0.3, 0.4) is 0 Å². The molecule has 9 heteroatoms. The Kier molecular flexibility index (Phi) is 3.74. The van der Waals surface area contributed by atoms with E-state index in [-0.39, 0.29) is 23.2 Å². The summed E-state index contributed by atoms with van der Waals surface area (Å²) in [4.78, 5) is 27.2. The van der Waals surface area contributed by atoms with Crippen LogP contribution < -0.4 is 32.5 Å². The second-order valence-electron chi connectivity index (χ2n) is 8.27. The number of nitrogens with two attached hydrogens (primary N) is 2. The molecule has 1 aromatic heterocycles. The quantitative estimate of drug-likeness (QED) is 0.742. The van der Waals surface area contributed by atoms with E-state index in [2.05, 4.69) is 0 Å². The van der Waals surface area contributed by atoms with Crippen molar-refractivity contribution in [3.05, 3.63) is 32.7 Å². The lowest BCUT2D eigenvalue weighted by atomic mass is 9.98. The maximum atomic E-state index is 15.2. The minimum absolute atomic E-state index is 0.0519. The van der Waals surface area contributed by atoms with Gasteiger partial charge in [0.15, 0.2) is 11.6 Å². The summed E-state index contributed by atoms with van der Waals surface area (Å²) in [5.74, 6) is 6.11. The predicted octanol–water partition coefficient (Wildman–Crippen LogP) is 0.533. The lowest BCUT2D eigenvalue weighted by Gasteiger charge is -2.25. The molecule has 1 saturated heterocycles. The SMILES string of the molecule is COc1c(N2CC3CCC(N)C3C2)c(F)cc2c(=O)n(N)c(=O)n(C3CC3)c12. The van der Waals surface area contributed by atoms with E-state index in [1.165, 1.54) is 17.7 Å². The number of hydrogen-bond donors (Lipinski definition) is 2. The third-order valence-corrected chi connectivity index (χ3v) is 6.63. The lowest BCUT2D eigenvalue weighted by Crippen LogP contribution is -2.44. The number of halogens is 1. The van der Waals surface area contributed by atoms with Crippen LogP contribution >= 0.6 is 0 Å². The summed E-state index contributed by atoms with van der Waals surface area (Å²) in [6, 6.07) is 1.26. The molecule has 3 fully saturated rings. The fraction of sp³-hybridized carbons (Fsp3) is 0.579. The van der Waals surface area contributed by atoms with Crippen LogP contribution in [0.1, 0.15) is 31.7 Å². The highest BCUT2D eigenvalue weighted by molar-refractivity contribution is 5.91. The molecule has 1 aromatic carbocycles. The van der Waals surface area contributed by atoms with Gasteiger partial charge in [-0.25, -0.2) is 9.18 Å². The molecule has 4 N–H and O–H groups in total. The van der Waals surface area contributed by atoms with Crippen LogP contribution in [0.25, 0.3) is 10.9 Å². The first-order valence-electron chi connectivity index (χ1n) is 9.75. The van der Waals surface area contributed by atoms with Crippen LogP contribution in [0.2, 0.25) is 0 Å². The molecule has 2 heterocycles. The number of rotatable bonds is 3. The molecule has 0 spiro atoms. The molecular formula is C19H24FN5O3. The summed E-state index contributed by atoms with van der Waals surface area (Å²) in [6.07, 6.45) is 3.65. The Bertz CT molecular complexity index is 1090. The number of nitrogens with zero attached hydrogens (tertiary/aromatic N) is 3. The highest BCUT2D eigenvalue weighted by Gasteiger charge is 2.43. The summed E-state index contributed by atoms with van der Waals surface area (Å²) in [6.45, 7) is 1.34. The van der Waals surface area contributed by atoms with Crippen LogP contribution in [0, 0.1) is 17.7 Å². The fourth-order valence-electron chi connectivity index (χ4n) is 5.09. The van der Waals surface area contributed by atoms with E-state index in [9.17, 15) is 9.59 Å². The van der Waals surface area contributed by atoms with Gasteiger partial charge >= 0.3 is 5.69 Å². The van der Waals surface area contributed by atoms with Crippen molar-refractivity contribution in [2.45, 2.75) is 37.8 Å². The number of hydrogen-bond acceptors (Lipinski definition) is 6. The maximum absolute atomic E-state index is 15.2. The molecule has 2 aliphatic carbocycles. The summed E-state index contributed by atoms with van der Waals surface area (Å²) >= 11 is 0. The van der Waals surface area contributed by atoms with Crippen LogP contribution in [0.4, 0.5) is 10.1 Å². The Hall–Kier alpha value is -2.55. The topological polar surface area (TPSA) is 109 Å². The highest BCUT2D eigenvalue weighted by atomic mass is 19.1. The van der Waals surface area contributed by atoms with E-state index >= 15 is 4.39 Å². The van der Waals surface area contributed by atoms with Crippen molar-refractivity contribution in [2.75, 3.05) is 30.9 Å². The van der Waals surface area contributed by atoms with Crippen molar-refractivity contribution < 1.29 is 9.13 Å². The molecule has 2 saturated carbocycles. The van der Waals surface area contributed by atoms with Crippen LogP contribution in [-0.2, 0) is 0 Å². The molecule has 3 atom stereocenters. The van der Waals surface area contributed by atoms with E-state index < -0.39 is 17.1 Å². The van der Waals surface area contributed by atoms with E-state index in [0.29, 0.717) is 40.8 Å². The number of nitrogen functional groups attached to an aromatic ring is 1. The number of benzene rings is 1. The highest BCUT2D eigenvalue weighted by Crippen LogP contribution is 2.46. The molecular weight excluding hydrogens is 365 g/mol. The van der Waals surface area contributed by atoms with Crippen molar-refractivity contribution in [1.29, 1.82) is 0 Å². The normalized spacial score (nSPS) is 26.8. The van der Waals surface area contributed by atoms with Gasteiger partial charge in [0.2, 0.25) is 0 Å². The second-order valence-corrected chi connectivity index (χ2v) is 8.27. The summed E-state index contributed by atoms with van der Waals surface area (Å²) in [7, 11) is 1.44. The van der Waals surface area contributed by atoms with Crippen molar-refractivity contribution >= 4 is 16.6 Å². The van der Waals surface area contributed by atoms with Crippen molar-refractivity contribution in [2.24, 2.45) is 17.6 Å². The largest absolute Gasteiger partial charge is 0.492 e. The second kappa shape index (κ2) is 5.97. The Morgan fingerprint density at radius 1 is 1.18 bits per heavy atom. The zero-order valence-corrected chi connectivity index (χ0v) is 15.7. The minimum Gasteiger partial charge on any atom is -0.492 e. The third kappa shape index (κ3) is 2.32. The number of ether oxygens (including phenoxy) is 1. The zero-order chi connectivity index (χ0) is 19.7. The van der Waals surface area contributed by atoms with Gasteiger partial charge in [0.05, 0.1) is 12.5 Å². The van der Waals surface area contributed by atoms with Crippen LogP contribution in [-0.4, -0.2) is 35.5 Å². The van der Waals surface area contributed by atoms with Crippen molar-refractivity contribution in [3.8, 4) is 5.75 Å². The molecule has 1 aliphatic heterocycles. The van der Waals surface area contributed by atoms with Gasteiger partial charge in [-0.15, -0.1) is 0 Å². The van der Waals surface area contributed by atoms with Gasteiger partial charge in [-0.2, -0.15) is 4.68 Å².